The summed E-state index contributed by atoms with van der Waals surface area (Å²) in [4.78, 5) is 16.8. The van der Waals surface area contributed by atoms with Crippen molar-refractivity contribution in [2.75, 3.05) is 33.7 Å². The zero-order valence-electron chi connectivity index (χ0n) is 13.2. The minimum atomic E-state index is 0.387. The van der Waals surface area contributed by atoms with Crippen LogP contribution in [0.4, 0.5) is 0 Å². The lowest BCUT2D eigenvalue weighted by molar-refractivity contribution is -0.134. The van der Waals surface area contributed by atoms with Gasteiger partial charge in [0.25, 0.3) is 0 Å². The van der Waals surface area contributed by atoms with Crippen molar-refractivity contribution in [3.05, 3.63) is 0 Å². The number of carbonyl (C=O) groups is 1. The van der Waals surface area contributed by atoms with Crippen molar-refractivity contribution in [3.63, 3.8) is 0 Å². The van der Waals surface area contributed by atoms with Crippen LogP contribution in [0.15, 0.2) is 0 Å². The highest BCUT2D eigenvalue weighted by Crippen LogP contribution is 2.31. The largest absolute Gasteiger partial charge is 0.343 e. The van der Waals surface area contributed by atoms with Crippen LogP contribution in [0.25, 0.3) is 0 Å². The summed E-state index contributed by atoms with van der Waals surface area (Å²) in [6.07, 6.45) is 7.85. The van der Waals surface area contributed by atoms with Gasteiger partial charge in [0.1, 0.15) is 0 Å². The molecular formula is C16H31N3O. The predicted molar refractivity (Wildman–Crippen MR) is 82.4 cm³/mol. The van der Waals surface area contributed by atoms with Crippen molar-refractivity contribution in [2.45, 2.75) is 51.0 Å². The van der Waals surface area contributed by atoms with Gasteiger partial charge in [0.15, 0.2) is 0 Å². The van der Waals surface area contributed by atoms with Crippen LogP contribution >= 0.6 is 0 Å². The number of piperidine rings is 1. The smallest absolute Gasteiger partial charge is 0.222 e. The molecule has 0 aromatic carbocycles. The lowest BCUT2D eigenvalue weighted by Gasteiger charge is -2.36. The second kappa shape index (κ2) is 7.41. The molecule has 0 spiro atoms. The summed E-state index contributed by atoms with van der Waals surface area (Å²) in [5.74, 6) is 1.70. The van der Waals surface area contributed by atoms with Crippen molar-refractivity contribution < 1.29 is 4.79 Å². The van der Waals surface area contributed by atoms with E-state index in [9.17, 15) is 4.79 Å². The highest BCUT2D eigenvalue weighted by Gasteiger charge is 2.27. The number of hydrogen-bond acceptors (Lipinski definition) is 3. The minimum absolute atomic E-state index is 0.387. The number of carbonyl (C=O) groups excluding carboxylic acids is 1. The fourth-order valence-corrected chi connectivity index (χ4v) is 3.68. The molecule has 0 atom stereocenters. The summed E-state index contributed by atoms with van der Waals surface area (Å²) in [6.45, 7) is 2.71. The SMILES string of the molecule is CN(C)C1CCN(C(=O)CC2CCC(CN)CC2)CC1. The van der Waals surface area contributed by atoms with E-state index in [0.29, 0.717) is 23.8 Å². The van der Waals surface area contributed by atoms with Crippen molar-refractivity contribution >= 4 is 5.91 Å². The molecule has 2 N–H and O–H groups in total. The maximum absolute atomic E-state index is 12.4. The van der Waals surface area contributed by atoms with Crippen LogP contribution in [-0.2, 0) is 4.79 Å². The van der Waals surface area contributed by atoms with Gasteiger partial charge in [-0.1, -0.05) is 0 Å². The quantitative estimate of drug-likeness (QED) is 0.853. The monoisotopic (exact) mass is 281 g/mol. The molecule has 1 amide bonds. The van der Waals surface area contributed by atoms with Crippen LogP contribution in [0.5, 0.6) is 0 Å². The maximum atomic E-state index is 12.4. The molecule has 1 aliphatic carbocycles. The van der Waals surface area contributed by atoms with E-state index >= 15 is 0 Å². The number of nitrogens with zero attached hydrogens (tertiary/aromatic N) is 2. The third kappa shape index (κ3) is 4.19. The highest BCUT2D eigenvalue weighted by molar-refractivity contribution is 5.76. The first kappa shape index (κ1) is 15.8. The predicted octanol–water partition coefficient (Wildman–Crippen LogP) is 1.69. The van der Waals surface area contributed by atoms with Gasteiger partial charge >= 0.3 is 0 Å². The van der Waals surface area contributed by atoms with E-state index in [4.69, 9.17) is 5.73 Å². The lowest BCUT2D eigenvalue weighted by Crippen LogP contribution is -2.45. The number of nitrogens with two attached hydrogens (primary N) is 1. The fraction of sp³-hybridized carbons (Fsp3) is 0.938. The van der Waals surface area contributed by atoms with Crippen LogP contribution in [-0.4, -0.2) is 55.5 Å². The van der Waals surface area contributed by atoms with Crippen molar-refractivity contribution in [2.24, 2.45) is 17.6 Å². The zero-order chi connectivity index (χ0) is 14.5. The van der Waals surface area contributed by atoms with E-state index < -0.39 is 0 Å². The van der Waals surface area contributed by atoms with E-state index in [1.54, 1.807) is 0 Å². The van der Waals surface area contributed by atoms with Crippen molar-refractivity contribution in [1.29, 1.82) is 0 Å². The molecule has 20 heavy (non-hydrogen) atoms. The Balaban J connectivity index is 1.71. The summed E-state index contributed by atoms with van der Waals surface area (Å²) in [5, 5.41) is 0. The summed E-state index contributed by atoms with van der Waals surface area (Å²) >= 11 is 0. The van der Waals surface area contributed by atoms with Gasteiger partial charge in [-0.25, -0.2) is 0 Å². The second-order valence-corrected chi connectivity index (χ2v) is 6.90. The minimum Gasteiger partial charge on any atom is -0.343 e. The van der Waals surface area contributed by atoms with Crippen LogP contribution in [0.3, 0.4) is 0 Å². The van der Waals surface area contributed by atoms with Crippen LogP contribution in [0.2, 0.25) is 0 Å². The average molecular weight is 281 g/mol. The Kier molecular flexibility index (Phi) is 5.85. The topological polar surface area (TPSA) is 49.6 Å². The molecule has 2 rings (SSSR count). The van der Waals surface area contributed by atoms with Crippen LogP contribution in [0, 0.1) is 11.8 Å². The summed E-state index contributed by atoms with van der Waals surface area (Å²) < 4.78 is 0. The second-order valence-electron chi connectivity index (χ2n) is 6.90. The number of likely N-dealkylation sites (tertiary alicyclic amines) is 1. The summed E-state index contributed by atoms with van der Waals surface area (Å²) in [5.41, 5.74) is 5.73. The van der Waals surface area contributed by atoms with Gasteiger partial charge in [0.2, 0.25) is 5.91 Å². The molecule has 4 heteroatoms. The van der Waals surface area contributed by atoms with Crippen LogP contribution < -0.4 is 5.73 Å². The Morgan fingerprint density at radius 3 is 2.10 bits per heavy atom. The van der Waals surface area contributed by atoms with Gasteiger partial charge < -0.3 is 15.5 Å². The molecule has 2 aliphatic rings. The van der Waals surface area contributed by atoms with Gasteiger partial charge in [-0.3, -0.25) is 4.79 Å². The molecule has 0 unspecified atom stereocenters. The Morgan fingerprint density at radius 1 is 1.05 bits per heavy atom. The number of hydrogen-bond donors (Lipinski definition) is 1. The third-order valence-electron chi connectivity index (χ3n) is 5.31. The number of rotatable bonds is 4. The van der Waals surface area contributed by atoms with E-state index in [-0.39, 0.29) is 0 Å². The molecule has 1 heterocycles. The highest BCUT2D eigenvalue weighted by atomic mass is 16.2. The van der Waals surface area contributed by atoms with E-state index in [1.165, 1.54) is 25.7 Å². The standard InChI is InChI=1S/C16H31N3O/c1-18(2)15-7-9-19(10-8-15)16(20)11-13-3-5-14(12-17)6-4-13/h13-15H,3-12,17H2,1-2H3. The molecular weight excluding hydrogens is 250 g/mol. The van der Waals surface area contributed by atoms with Gasteiger partial charge in [-0.2, -0.15) is 0 Å². The maximum Gasteiger partial charge on any atom is 0.222 e. The molecule has 0 bridgehead atoms. The fourth-order valence-electron chi connectivity index (χ4n) is 3.68. The Labute approximate surface area is 123 Å². The summed E-state index contributed by atoms with van der Waals surface area (Å²) in [6, 6.07) is 0.652. The van der Waals surface area contributed by atoms with Gasteiger partial charge in [0, 0.05) is 25.6 Å². The third-order valence-corrected chi connectivity index (χ3v) is 5.31. The molecule has 1 saturated carbocycles. The first-order chi connectivity index (χ1) is 9.60. The first-order valence-corrected chi connectivity index (χ1v) is 8.24. The van der Waals surface area contributed by atoms with Gasteiger partial charge in [-0.15, -0.1) is 0 Å². The summed E-state index contributed by atoms with van der Waals surface area (Å²) in [7, 11) is 4.27. The van der Waals surface area contributed by atoms with E-state index in [0.717, 1.165) is 38.9 Å². The van der Waals surface area contributed by atoms with Gasteiger partial charge in [-0.05, 0) is 71.0 Å². The molecule has 1 aliphatic heterocycles. The molecule has 0 aromatic rings. The lowest BCUT2D eigenvalue weighted by atomic mass is 9.80. The van der Waals surface area contributed by atoms with Gasteiger partial charge in [0.05, 0.1) is 0 Å². The molecule has 2 fully saturated rings. The molecule has 1 saturated heterocycles. The molecule has 4 nitrogen and oxygen atoms in total. The molecule has 116 valence electrons. The van der Waals surface area contributed by atoms with Crippen molar-refractivity contribution in [1.82, 2.24) is 9.80 Å². The van der Waals surface area contributed by atoms with Crippen molar-refractivity contribution in [3.8, 4) is 0 Å². The van der Waals surface area contributed by atoms with E-state index in [2.05, 4.69) is 23.9 Å². The first-order valence-electron chi connectivity index (χ1n) is 8.24. The zero-order valence-corrected chi connectivity index (χ0v) is 13.2. The Morgan fingerprint density at radius 2 is 1.60 bits per heavy atom. The normalized spacial score (nSPS) is 28.9. The van der Waals surface area contributed by atoms with Crippen LogP contribution in [0.1, 0.15) is 44.9 Å². The average Bonchev–Trinajstić information content (AvgIpc) is 2.48. The Hall–Kier alpha value is -0.610. The molecule has 0 aromatic heterocycles. The number of amides is 1. The molecule has 0 radical (unpaired) electrons. The van der Waals surface area contributed by atoms with E-state index in [1.807, 2.05) is 0 Å². The Bertz CT molecular complexity index is 303.